The minimum absolute atomic E-state index is 0.0961. The van der Waals surface area contributed by atoms with Crippen LogP contribution in [0.25, 0.3) is 10.8 Å². The second-order valence-electron chi connectivity index (χ2n) is 4.23. The molecule has 0 saturated heterocycles. The molecule has 0 saturated carbocycles. The maximum Gasteiger partial charge on any atom is 0.253 e. The van der Waals surface area contributed by atoms with Crippen LogP contribution >= 0.6 is 0 Å². The van der Waals surface area contributed by atoms with Gasteiger partial charge in [0.15, 0.2) is 0 Å². The second-order valence-corrected chi connectivity index (χ2v) is 4.23. The van der Waals surface area contributed by atoms with Crippen LogP contribution in [0.3, 0.4) is 0 Å². The van der Waals surface area contributed by atoms with E-state index in [1.54, 1.807) is 0 Å². The van der Waals surface area contributed by atoms with Crippen molar-refractivity contribution in [2.24, 2.45) is 0 Å². The van der Waals surface area contributed by atoms with Gasteiger partial charge in [0.1, 0.15) is 5.82 Å². The molecule has 4 heteroatoms. The summed E-state index contributed by atoms with van der Waals surface area (Å²) in [5, 5.41) is 4.49. The Kier molecular flexibility index (Phi) is 2.95. The first kappa shape index (κ1) is 11.4. The lowest BCUT2D eigenvalue weighted by Gasteiger charge is -2.10. The van der Waals surface area contributed by atoms with Gasteiger partial charge in [0, 0.05) is 17.6 Å². The van der Waals surface area contributed by atoms with Crippen LogP contribution in [0.1, 0.15) is 24.2 Å². The number of nitrogens with two attached hydrogens (primary N) is 1. The number of aromatic nitrogens is 1. The number of nitrogen functional groups attached to an aromatic ring is 1. The third-order valence-corrected chi connectivity index (χ3v) is 2.49. The van der Waals surface area contributed by atoms with Gasteiger partial charge >= 0.3 is 0 Å². The van der Waals surface area contributed by atoms with Crippen molar-refractivity contribution in [2.45, 2.75) is 19.9 Å². The lowest BCUT2D eigenvalue weighted by atomic mass is 10.1. The van der Waals surface area contributed by atoms with Gasteiger partial charge in [-0.1, -0.05) is 24.3 Å². The van der Waals surface area contributed by atoms with Crippen molar-refractivity contribution in [3.8, 4) is 0 Å². The van der Waals surface area contributed by atoms with E-state index in [2.05, 4.69) is 10.3 Å². The summed E-state index contributed by atoms with van der Waals surface area (Å²) in [6.07, 6.45) is 1.52. The maximum absolute atomic E-state index is 12.0. The van der Waals surface area contributed by atoms with Crippen LogP contribution in [-0.2, 0) is 0 Å². The molecule has 0 atom stereocenters. The van der Waals surface area contributed by atoms with Gasteiger partial charge < -0.3 is 11.1 Å². The number of benzene rings is 1. The highest BCUT2D eigenvalue weighted by Gasteiger charge is 2.12. The molecule has 0 aliphatic heterocycles. The molecule has 0 aliphatic carbocycles. The van der Waals surface area contributed by atoms with E-state index in [1.807, 2.05) is 38.1 Å². The fraction of sp³-hybridized carbons (Fsp3) is 0.231. The summed E-state index contributed by atoms with van der Waals surface area (Å²) >= 11 is 0. The third kappa shape index (κ3) is 2.20. The number of amides is 1. The van der Waals surface area contributed by atoms with E-state index < -0.39 is 0 Å². The number of anilines is 1. The minimum atomic E-state index is -0.122. The number of nitrogens with zero attached hydrogens (tertiary/aromatic N) is 1. The van der Waals surface area contributed by atoms with Crippen LogP contribution in [0.2, 0.25) is 0 Å². The predicted molar refractivity (Wildman–Crippen MR) is 68.8 cm³/mol. The van der Waals surface area contributed by atoms with E-state index in [0.717, 1.165) is 10.8 Å². The average molecular weight is 229 g/mol. The predicted octanol–water partition coefficient (Wildman–Crippen LogP) is 1.96. The van der Waals surface area contributed by atoms with Crippen molar-refractivity contribution >= 4 is 22.5 Å². The Morgan fingerprint density at radius 3 is 2.59 bits per heavy atom. The Morgan fingerprint density at radius 2 is 1.94 bits per heavy atom. The first-order valence-corrected chi connectivity index (χ1v) is 5.53. The molecule has 0 bridgehead atoms. The topological polar surface area (TPSA) is 68.0 Å². The van der Waals surface area contributed by atoms with Gasteiger partial charge in [-0.3, -0.25) is 4.79 Å². The average Bonchev–Trinajstić information content (AvgIpc) is 2.29. The number of rotatable bonds is 2. The van der Waals surface area contributed by atoms with Crippen LogP contribution in [-0.4, -0.2) is 16.9 Å². The highest BCUT2D eigenvalue weighted by Crippen LogP contribution is 2.22. The molecule has 17 heavy (non-hydrogen) atoms. The number of carbonyl (C=O) groups is 1. The van der Waals surface area contributed by atoms with Gasteiger partial charge in [-0.15, -0.1) is 0 Å². The zero-order valence-corrected chi connectivity index (χ0v) is 9.90. The summed E-state index contributed by atoms with van der Waals surface area (Å²) < 4.78 is 0. The molecule has 0 unspecified atom stereocenters. The summed E-state index contributed by atoms with van der Waals surface area (Å²) in [5.41, 5.74) is 6.34. The molecule has 0 spiro atoms. The third-order valence-electron chi connectivity index (χ3n) is 2.49. The molecule has 88 valence electrons. The van der Waals surface area contributed by atoms with E-state index >= 15 is 0 Å². The van der Waals surface area contributed by atoms with Gasteiger partial charge in [0.2, 0.25) is 0 Å². The molecule has 0 fully saturated rings. The molecule has 2 rings (SSSR count). The van der Waals surface area contributed by atoms with Crippen LogP contribution < -0.4 is 11.1 Å². The number of pyridine rings is 1. The summed E-state index contributed by atoms with van der Waals surface area (Å²) in [5.74, 6) is 0.324. The highest BCUT2D eigenvalue weighted by molar-refractivity contribution is 6.08. The summed E-state index contributed by atoms with van der Waals surface area (Å²) in [6, 6.07) is 7.60. The van der Waals surface area contributed by atoms with E-state index in [-0.39, 0.29) is 11.9 Å². The van der Waals surface area contributed by atoms with E-state index in [0.29, 0.717) is 11.4 Å². The van der Waals surface area contributed by atoms with Gasteiger partial charge in [0.25, 0.3) is 5.91 Å². The first-order valence-electron chi connectivity index (χ1n) is 5.53. The monoisotopic (exact) mass is 229 g/mol. The Morgan fingerprint density at radius 1 is 1.29 bits per heavy atom. The Hall–Kier alpha value is -2.10. The SMILES string of the molecule is CC(C)NC(=O)c1cnc(N)c2ccccc12. The fourth-order valence-electron chi connectivity index (χ4n) is 1.74. The summed E-state index contributed by atoms with van der Waals surface area (Å²) in [7, 11) is 0. The first-order chi connectivity index (χ1) is 8.09. The quantitative estimate of drug-likeness (QED) is 0.827. The van der Waals surface area contributed by atoms with E-state index in [4.69, 9.17) is 5.73 Å². The molecule has 3 N–H and O–H groups in total. The molecule has 1 heterocycles. The Balaban J connectivity index is 2.55. The fourth-order valence-corrected chi connectivity index (χ4v) is 1.74. The van der Waals surface area contributed by atoms with E-state index in [1.165, 1.54) is 6.20 Å². The molecule has 0 radical (unpaired) electrons. The normalized spacial score (nSPS) is 10.8. The highest BCUT2D eigenvalue weighted by atomic mass is 16.1. The molecule has 0 aliphatic rings. The number of hydrogen-bond acceptors (Lipinski definition) is 3. The van der Waals surface area contributed by atoms with Crippen molar-refractivity contribution < 1.29 is 4.79 Å². The van der Waals surface area contributed by atoms with Gasteiger partial charge in [-0.2, -0.15) is 0 Å². The van der Waals surface area contributed by atoms with E-state index in [9.17, 15) is 4.79 Å². The van der Waals surface area contributed by atoms with Crippen molar-refractivity contribution in [2.75, 3.05) is 5.73 Å². The standard InChI is InChI=1S/C13H15N3O/c1-8(2)16-13(17)11-7-15-12(14)10-6-4-3-5-9(10)11/h3-8H,1-2H3,(H2,14,15)(H,16,17). The second kappa shape index (κ2) is 4.41. The summed E-state index contributed by atoms with van der Waals surface area (Å²) in [4.78, 5) is 16.0. The molecule has 4 nitrogen and oxygen atoms in total. The number of carbonyl (C=O) groups excluding carboxylic acids is 1. The maximum atomic E-state index is 12.0. The molecule has 1 aromatic carbocycles. The molecule has 1 amide bonds. The number of fused-ring (bicyclic) bond motifs is 1. The van der Waals surface area contributed by atoms with Crippen molar-refractivity contribution in [3.05, 3.63) is 36.0 Å². The number of hydrogen-bond donors (Lipinski definition) is 2. The molecular weight excluding hydrogens is 214 g/mol. The zero-order chi connectivity index (χ0) is 12.4. The molecule has 1 aromatic heterocycles. The summed E-state index contributed by atoms with van der Waals surface area (Å²) in [6.45, 7) is 3.84. The van der Waals surface area contributed by atoms with Crippen LogP contribution in [0, 0.1) is 0 Å². The van der Waals surface area contributed by atoms with Gasteiger partial charge in [0.05, 0.1) is 5.56 Å². The van der Waals surface area contributed by atoms with Gasteiger partial charge in [-0.25, -0.2) is 4.98 Å². The Labute approximate surface area is 99.8 Å². The van der Waals surface area contributed by atoms with Gasteiger partial charge in [-0.05, 0) is 19.2 Å². The van der Waals surface area contributed by atoms with Crippen LogP contribution in [0.5, 0.6) is 0 Å². The number of nitrogens with one attached hydrogen (secondary N) is 1. The van der Waals surface area contributed by atoms with Crippen molar-refractivity contribution in [3.63, 3.8) is 0 Å². The van der Waals surface area contributed by atoms with Crippen LogP contribution in [0.4, 0.5) is 5.82 Å². The minimum Gasteiger partial charge on any atom is -0.383 e. The lowest BCUT2D eigenvalue weighted by Crippen LogP contribution is -2.30. The van der Waals surface area contributed by atoms with Crippen molar-refractivity contribution in [1.82, 2.24) is 10.3 Å². The molecular formula is C13H15N3O. The largest absolute Gasteiger partial charge is 0.383 e. The lowest BCUT2D eigenvalue weighted by molar-refractivity contribution is 0.0944. The van der Waals surface area contributed by atoms with Crippen molar-refractivity contribution in [1.29, 1.82) is 0 Å². The smallest absolute Gasteiger partial charge is 0.253 e. The molecule has 2 aromatic rings. The zero-order valence-electron chi connectivity index (χ0n) is 9.90. The van der Waals surface area contributed by atoms with Crippen LogP contribution in [0.15, 0.2) is 30.5 Å². The Bertz CT molecular complexity index is 564.